The quantitative estimate of drug-likeness (QED) is 0.134. The average Bonchev–Trinajstić information content (AvgIpc) is 1.55. The average molecular weight is 1480 g/mol. The Bertz CT molecular complexity index is 7950. The molecule has 8 aromatic heterocycles. The first kappa shape index (κ1) is 66.0. The molecule has 0 aliphatic carbocycles. The Labute approximate surface area is 664 Å². The third-order valence-corrected chi connectivity index (χ3v) is 22.8. The zero-order valence-electron chi connectivity index (χ0n) is 62.4. The monoisotopic (exact) mass is 1480 g/mol. The number of benzene rings is 16. The van der Waals surface area contributed by atoms with Crippen LogP contribution in [0.15, 0.2) is 394 Å². The minimum atomic E-state index is 0.698. The topological polar surface area (TPSA) is 109 Å². The smallest absolute Gasteiger partial charge is 0.221 e. The number of hydrogen-bond donors (Lipinski definition) is 0. The van der Waals surface area contributed by atoms with Crippen molar-refractivity contribution in [2.24, 2.45) is 0 Å². The Kier molecular flexibility index (Phi) is 15.3. The summed E-state index contributed by atoms with van der Waals surface area (Å²) in [6, 6.07) is 139. The van der Waals surface area contributed by atoms with Gasteiger partial charge in [-0.2, -0.15) is 0 Å². The van der Waals surface area contributed by atoms with E-state index in [1.54, 1.807) is 0 Å². The van der Waals surface area contributed by atoms with Gasteiger partial charge in [-0.05, 0) is 141 Å². The second-order valence-electron chi connectivity index (χ2n) is 29.5. The molecular formula is C105H65N11. The van der Waals surface area contributed by atoms with Crippen LogP contribution in [0.2, 0.25) is 0 Å². The molecule has 11 heteroatoms. The molecule has 0 aliphatic heterocycles. The summed E-state index contributed by atoms with van der Waals surface area (Å²) in [5, 5.41) is 11.3. The van der Waals surface area contributed by atoms with E-state index in [-0.39, 0.29) is 0 Å². The van der Waals surface area contributed by atoms with Crippen LogP contribution in [0.25, 0.3) is 222 Å². The molecule has 0 saturated carbocycles. The summed E-state index contributed by atoms with van der Waals surface area (Å²) >= 11 is 0. The molecular weight excluding hydrogens is 1420 g/mol. The zero-order valence-corrected chi connectivity index (χ0v) is 62.4. The third kappa shape index (κ3) is 10.9. The van der Waals surface area contributed by atoms with Gasteiger partial charge in [-0.1, -0.05) is 297 Å². The first-order valence-electron chi connectivity index (χ1n) is 39.1. The number of imidazole rings is 2. The van der Waals surface area contributed by atoms with Crippen molar-refractivity contribution in [3.05, 3.63) is 394 Å². The van der Waals surface area contributed by atoms with Crippen LogP contribution in [-0.4, -0.2) is 52.8 Å². The Morgan fingerprint density at radius 2 is 0.517 bits per heavy atom. The van der Waals surface area contributed by atoms with E-state index in [1.807, 2.05) is 54.6 Å². The second kappa shape index (κ2) is 27.0. The molecule has 116 heavy (non-hydrogen) atoms. The molecule has 24 aromatic rings. The van der Waals surface area contributed by atoms with Gasteiger partial charge in [0.15, 0.2) is 5.82 Å². The van der Waals surface area contributed by atoms with E-state index in [2.05, 4.69) is 358 Å². The molecule has 0 radical (unpaired) electrons. The van der Waals surface area contributed by atoms with Gasteiger partial charge in [-0.25, -0.2) is 34.9 Å². The molecule has 11 nitrogen and oxygen atoms in total. The molecule has 24 rings (SSSR count). The highest BCUT2D eigenvalue weighted by molar-refractivity contribution is 6.24. The zero-order chi connectivity index (χ0) is 76.3. The summed E-state index contributed by atoms with van der Waals surface area (Å²) in [6.45, 7) is 0. The van der Waals surface area contributed by atoms with E-state index in [1.165, 1.54) is 21.7 Å². The number of aromatic nitrogens is 11. The molecule has 0 bridgehead atoms. The van der Waals surface area contributed by atoms with E-state index in [9.17, 15) is 0 Å². The minimum absolute atomic E-state index is 0.698. The second-order valence-corrected chi connectivity index (χ2v) is 29.5. The van der Waals surface area contributed by atoms with Crippen molar-refractivity contribution in [1.29, 1.82) is 0 Å². The number of rotatable bonds is 10. The van der Waals surface area contributed by atoms with Gasteiger partial charge < -0.3 is 0 Å². The van der Waals surface area contributed by atoms with Gasteiger partial charge in [0.05, 0.1) is 77.9 Å². The van der Waals surface area contributed by atoms with Crippen LogP contribution in [0.5, 0.6) is 0 Å². The van der Waals surface area contributed by atoms with Crippen LogP contribution in [0.1, 0.15) is 0 Å². The lowest BCUT2D eigenvalue weighted by molar-refractivity contribution is 0.981. The molecule has 0 fully saturated rings. The predicted octanol–water partition coefficient (Wildman–Crippen LogP) is 26.1. The Morgan fingerprint density at radius 3 is 0.991 bits per heavy atom. The fourth-order valence-corrected chi connectivity index (χ4v) is 17.5. The van der Waals surface area contributed by atoms with Crippen molar-refractivity contribution in [2.75, 3.05) is 0 Å². The van der Waals surface area contributed by atoms with Gasteiger partial charge in [0.2, 0.25) is 11.9 Å². The Morgan fingerprint density at radius 1 is 0.172 bits per heavy atom. The number of fused-ring (bicyclic) bond motifs is 20. The lowest BCUT2D eigenvalue weighted by atomic mass is 9.93. The fourth-order valence-electron chi connectivity index (χ4n) is 17.5. The number of nitrogens with zero attached hydrogens (tertiary/aromatic N) is 11. The maximum atomic E-state index is 5.43. The van der Waals surface area contributed by atoms with Crippen molar-refractivity contribution in [1.82, 2.24) is 52.8 Å². The van der Waals surface area contributed by atoms with E-state index < -0.39 is 0 Å². The Balaban J connectivity index is 0.000000137. The summed E-state index contributed by atoms with van der Waals surface area (Å²) in [6.07, 6.45) is 0. The summed E-state index contributed by atoms with van der Waals surface area (Å²) in [7, 11) is 0. The van der Waals surface area contributed by atoms with E-state index in [4.69, 9.17) is 34.9 Å². The minimum Gasteiger partial charge on any atom is -0.278 e. The van der Waals surface area contributed by atoms with Crippen molar-refractivity contribution in [3.63, 3.8) is 0 Å². The molecule has 8 heterocycles. The van der Waals surface area contributed by atoms with E-state index in [0.29, 0.717) is 5.82 Å². The third-order valence-electron chi connectivity index (χ3n) is 22.8. The van der Waals surface area contributed by atoms with Crippen molar-refractivity contribution in [2.45, 2.75) is 0 Å². The molecule has 0 saturated heterocycles. The van der Waals surface area contributed by atoms with Crippen LogP contribution < -0.4 is 0 Å². The van der Waals surface area contributed by atoms with Crippen molar-refractivity contribution >= 4 is 120 Å². The van der Waals surface area contributed by atoms with Crippen molar-refractivity contribution in [3.8, 4) is 102 Å². The standard InChI is InChI=1S/C53H33N5.C52H32N6/c1-3-15-36(16-4-1)47-31-38(32-48(54-47)37-17-5-2-6-18-37)34-27-29-35(30-28-34)43-33-44-40-20-10-13-25-49(40)57(51(44)41-21-8-7-19-39(41)43)53-56-45-23-11-9-22-42(45)52-55-46-24-12-14-26-50(46)58(52)53;1-3-16-33(17-4-1)45-32-46(54-50(53-45)34-18-5-2-6-19-34)36-21-15-20-35(30-36)41-31-42-38-23-10-13-28-47(38)57(49(42)39-24-8-7-22-37(39)41)52-56-43-26-11-9-25-40(43)51-55-44-27-12-14-29-48(44)58(51)52/h1-33H;1-32H. The fraction of sp³-hybridized carbons (Fsp3) is 0. The van der Waals surface area contributed by atoms with E-state index in [0.717, 1.165) is 194 Å². The SMILES string of the molecule is c1ccc(-c2cc(-c3ccc(-c4cc5c6ccccc6n(-c6nc7ccccc7c7nc8ccccc8n67)c5c5ccccc45)cc3)cc(-c3ccccc3)n2)cc1.c1ccc(-c2cc(-c3cccc(-c4cc5c6ccccc6n(-c6nc7ccccc7c7nc8ccccc8n67)c5c5ccccc45)c3)nc(-c3ccccc3)n2)cc1. The predicted molar refractivity (Wildman–Crippen MR) is 477 cm³/mol. The van der Waals surface area contributed by atoms with Crippen LogP contribution in [0, 0.1) is 0 Å². The maximum Gasteiger partial charge on any atom is 0.221 e. The molecule has 16 aromatic carbocycles. The van der Waals surface area contributed by atoms with Crippen LogP contribution >= 0.6 is 0 Å². The maximum absolute atomic E-state index is 5.43. The number of hydrogen-bond acceptors (Lipinski definition) is 7. The normalized spacial score (nSPS) is 11.8. The summed E-state index contributed by atoms with van der Waals surface area (Å²) in [5.41, 5.74) is 27.7. The lowest BCUT2D eigenvalue weighted by Crippen LogP contribution is -2.06. The van der Waals surface area contributed by atoms with Gasteiger partial charge in [0.1, 0.15) is 11.3 Å². The molecule has 540 valence electrons. The highest BCUT2D eigenvalue weighted by atomic mass is 15.2. The first-order chi connectivity index (χ1) is 57.5. The highest BCUT2D eigenvalue weighted by Crippen LogP contribution is 2.46. The lowest BCUT2D eigenvalue weighted by Gasteiger charge is -2.15. The van der Waals surface area contributed by atoms with Crippen LogP contribution in [0.4, 0.5) is 0 Å². The van der Waals surface area contributed by atoms with Crippen molar-refractivity contribution < 1.29 is 0 Å². The van der Waals surface area contributed by atoms with Gasteiger partial charge >= 0.3 is 0 Å². The van der Waals surface area contributed by atoms with Gasteiger partial charge in [-0.3, -0.25) is 17.9 Å². The van der Waals surface area contributed by atoms with E-state index >= 15 is 0 Å². The van der Waals surface area contributed by atoms with Crippen LogP contribution in [0.3, 0.4) is 0 Å². The summed E-state index contributed by atoms with van der Waals surface area (Å²) in [4.78, 5) is 36.5. The van der Waals surface area contributed by atoms with Gasteiger partial charge in [-0.15, -0.1) is 0 Å². The summed E-state index contributed by atoms with van der Waals surface area (Å²) < 4.78 is 9.16. The Hall–Kier alpha value is -15.9. The molecule has 0 amide bonds. The molecule has 0 spiro atoms. The number of pyridine rings is 1. The molecule has 0 N–H and O–H groups in total. The van der Waals surface area contributed by atoms with Gasteiger partial charge in [0, 0.05) is 70.9 Å². The largest absolute Gasteiger partial charge is 0.278 e. The van der Waals surface area contributed by atoms with Gasteiger partial charge in [0.25, 0.3) is 0 Å². The molecule has 0 atom stereocenters. The molecule has 0 aliphatic rings. The summed E-state index contributed by atoms with van der Waals surface area (Å²) in [5.74, 6) is 2.32. The number of para-hydroxylation sites is 8. The molecule has 0 unspecified atom stereocenters. The highest BCUT2D eigenvalue weighted by Gasteiger charge is 2.26. The first-order valence-corrected chi connectivity index (χ1v) is 39.1. The van der Waals surface area contributed by atoms with Crippen LogP contribution in [-0.2, 0) is 0 Å².